The van der Waals surface area contributed by atoms with Gasteiger partial charge in [-0.15, -0.1) is 0 Å². The molecule has 1 aromatic carbocycles. The molecular formula is C15H19N3O2. The molecule has 1 aliphatic heterocycles. The Morgan fingerprint density at radius 1 is 1.40 bits per heavy atom. The molecule has 0 radical (unpaired) electrons. The summed E-state index contributed by atoms with van der Waals surface area (Å²) in [5.41, 5.74) is 2.66. The molecule has 1 saturated heterocycles. The van der Waals surface area contributed by atoms with Crippen LogP contribution in [0.5, 0.6) is 0 Å². The second kappa shape index (κ2) is 6.05. The van der Waals surface area contributed by atoms with E-state index in [4.69, 9.17) is 4.74 Å². The third-order valence-corrected chi connectivity index (χ3v) is 3.82. The molecule has 2 aromatic rings. The molecule has 1 fully saturated rings. The van der Waals surface area contributed by atoms with Crippen molar-refractivity contribution in [1.29, 1.82) is 0 Å². The topological polar surface area (TPSA) is 67.0 Å². The zero-order valence-electron chi connectivity index (χ0n) is 11.4. The lowest BCUT2D eigenvalue weighted by Crippen LogP contribution is -2.18. The van der Waals surface area contributed by atoms with Crippen LogP contribution in [0.3, 0.4) is 0 Å². The molecule has 0 spiro atoms. The number of carbonyl (C=O) groups is 1. The average molecular weight is 273 g/mol. The van der Waals surface area contributed by atoms with E-state index < -0.39 is 0 Å². The van der Waals surface area contributed by atoms with Gasteiger partial charge >= 0.3 is 0 Å². The monoisotopic (exact) mass is 273 g/mol. The average Bonchev–Trinajstić information content (AvgIpc) is 2.94. The number of anilines is 1. The maximum Gasteiger partial charge on any atom is 0.224 e. The third kappa shape index (κ3) is 3.17. The van der Waals surface area contributed by atoms with Crippen LogP contribution in [0, 0.1) is 5.92 Å². The number of amides is 1. The number of nitrogens with zero attached hydrogens (tertiary/aromatic N) is 1. The molecule has 0 aliphatic carbocycles. The van der Waals surface area contributed by atoms with E-state index >= 15 is 0 Å². The summed E-state index contributed by atoms with van der Waals surface area (Å²) in [6.45, 7) is 1.67. The van der Waals surface area contributed by atoms with E-state index in [0.717, 1.165) is 49.2 Å². The van der Waals surface area contributed by atoms with Crippen molar-refractivity contribution in [2.45, 2.75) is 25.7 Å². The zero-order valence-corrected chi connectivity index (χ0v) is 11.4. The number of aromatic amines is 1. The molecule has 0 bridgehead atoms. The first-order valence-electron chi connectivity index (χ1n) is 7.12. The maximum atomic E-state index is 12.0. The maximum absolute atomic E-state index is 12.0. The van der Waals surface area contributed by atoms with Crippen LogP contribution >= 0.6 is 0 Å². The van der Waals surface area contributed by atoms with Crippen LogP contribution in [0.15, 0.2) is 24.5 Å². The molecule has 0 atom stereocenters. The molecule has 3 rings (SSSR count). The van der Waals surface area contributed by atoms with E-state index in [1.807, 2.05) is 18.2 Å². The lowest BCUT2D eigenvalue weighted by Gasteiger charge is -2.21. The Morgan fingerprint density at radius 3 is 3.10 bits per heavy atom. The summed E-state index contributed by atoms with van der Waals surface area (Å²) < 4.78 is 5.33. The summed E-state index contributed by atoms with van der Waals surface area (Å²) >= 11 is 0. The van der Waals surface area contributed by atoms with E-state index in [1.54, 1.807) is 6.33 Å². The van der Waals surface area contributed by atoms with Crippen LogP contribution in [0.2, 0.25) is 0 Å². The Morgan fingerprint density at radius 2 is 2.25 bits per heavy atom. The van der Waals surface area contributed by atoms with Gasteiger partial charge in [0.15, 0.2) is 0 Å². The Labute approximate surface area is 117 Å². The van der Waals surface area contributed by atoms with Gasteiger partial charge in [-0.2, -0.15) is 0 Å². The number of carbonyl (C=O) groups excluding carboxylic acids is 1. The van der Waals surface area contributed by atoms with Crippen molar-refractivity contribution in [1.82, 2.24) is 9.97 Å². The van der Waals surface area contributed by atoms with E-state index in [1.165, 1.54) is 0 Å². The van der Waals surface area contributed by atoms with Crippen LogP contribution in [0.4, 0.5) is 5.69 Å². The van der Waals surface area contributed by atoms with Crippen LogP contribution in [-0.4, -0.2) is 29.1 Å². The number of imidazole rings is 1. The summed E-state index contributed by atoms with van der Waals surface area (Å²) in [7, 11) is 0. The Kier molecular flexibility index (Phi) is 3.97. The quantitative estimate of drug-likeness (QED) is 0.900. The van der Waals surface area contributed by atoms with Gasteiger partial charge in [0.1, 0.15) is 0 Å². The van der Waals surface area contributed by atoms with E-state index in [9.17, 15) is 4.79 Å². The van der Waals surface area contributed by atoms with Gasteiger partial charge in [-0.3, -0.25) is 4.79 Å². The standard InChI is InChI=1S/C15H19N3O2/c19-15(4-1-11-5-7-20-8-6-11)18-12-2-3-13-14(9-12)17-10-16-13/h2-3,9-11H,1,4-8H2,(H,16,17)(H,18,19). The summed E-state index contributed by atoms with van der Waals surface area (Å²) in [6.07, 6.45) is 5.33. The minimum Gasteiger partial charge on any atom is -0.381 e. The summed E-state index contributed by atoms with van der Waals surface area (Å²) in [6, 6.07) is 5.70. The second-order valence-electron chi connectivity index (χ2n) is 5.28. The number of rotatable bonds is 4. The van der Waals surface area contributed by atoms with Crippen LogP contribution in [-0.2, 0) is 9.53 Å². The van der Waals surface area contributed by atoms with Crippen LogP contribution in [0.25, 0.3) is 11.0 Å². The highest BCUT2D eigenvalue weighted by molar-refractivity contribution is 5.92. The molecule has 0 saturated carbocycles. The molecule has 2 heterocycles. The highest BCUT2D eigenvalue weighted by Gasteiger charge is 2.15. The lowest BCUT2D eigenvalue weighted by molar-refractivity contribution is -0.116. The van der Waals surface area contributed by atoms with Gasteiger partial charge in [-0.05, 0) is 43.4 Å². The van der Waals surface area contributed by atoms with E-state index in [2.05, 4.69) is 15.3 Å². The largest absolute Gasteiger partial charge is 0.381 e. The normalized spacial score (nSPS) is 16.4. The molecule has 1 aromatic heterocycles. The highest BCUT2D eigenvalue weighted by Crippen LogP contribution is 2.21. The van der Waals surface area contributed by atoms with Crippen LogP contribution in [0.1, 0.15) is 25.7 Å². The number of nitrogens with one attached hydrogen (secondary N) is 2. The molecular weight excluding hydrogens is 254 g/mol. The summed E-state index contributed by atoms with van der Waals surface area (Å²) in [5.74, 6) is 0.708. The number of H-pyrrole nitrogens is 1. The lowest BCUT2D eigenvalue weighted by atomic mass is 9.95. The summed E-state index contributed by atoms with van der Waals surface area (Å²) in [5, 5.41) is 2.95. The molecule has 1 aliphatic rings. The SMILES string of the molecule is O=C(CCC1CCOCC1)Nc1ccc2nc[nH]c2c1. The number of fused-ring (bicyclic) bond motifs is 1. The van der Waals surface area contributed by atoms with Gasteiger partial charge in [-0.25, -0.2) is 4.98 Å². The van der Waals surface area contributed by atoms with Crippen molar-refractivity contribution in [2.24, 2.45) is 5.92 Å². The molecule has 106 valence electrons. The number of benzene rings is 1. The van der Waals surface area contributed by atoms with E-state index in [-0.39, 0.29) is 5.91 Å². The summed E-state index contributed by atoms with van der Waals surface area (Å²) in [4.78, 5) is 19.2. The fourth-order valence-corrected chi connectivity index (χ4v) is 2.61. The number of hydrogen-bond donors (Lipinski definition) is 2. The Balaban J connectivity index is 1.52. The predicted octanol–water partition coefficient (Wildman–Crippen LogP) is 2.71. The van der Waals surface area contributed by atoms with Crippen molar-refractivity contribution in [3.05, 3.63) is 24.5 Å². The van der Waals surface area contributed by atoms with Crippen molar-refractivity contribution < 1.29 is 9.53 Å². The van der Waals surface area contributed by atoms with Gasteiger partial charge in [-0.1, -0.05) is 0 Å². The minimum atomic E-state index is 0.0790. The molecule has 2 N–H and O–H groups in total. The zero-order chi connectivity index (χ0) is 13.8. The molecule has 0 unspecified atom stereocenters. The van der Waals surface area contributed by atoms with Crippen molar-refractivity contribution in [3.63, 3.8) is 0 Å². The Bertz CT molecular complexity index is 588. The van der Waals surface area contributed by atoms with Crippen molar-refractivity contribution >= 4 is 22.6 Å². The smallest absolute Gasteiger partial charge is 0.224 e. The molecule has 20 heavy (non-hydrogen) atoms. The number of aromatic nitrogens is 2. The first-order chi connectivity index (χ1) is 9.81. The van der Waals surface area contributed by atoms with Crippen molar-refractivity contribution in [2.75, 3.05) is 18.5 Å². The van der Waals surface area contributed by atoms with Gasteiger partial charge in [0.05, 0.1) is 17.4 Å². The molecule has 5 nitrogen and oxygen atoms in total. The third-order valence-electron chi connectivity index (χ3n) is 3.82. The highest BCUT2D eigenvalue weighted by atomic mass is 16.5. The second-order valence-corrected chi connectivity index (χ2v) is 5.28. The fourth-order valence-electron chi connectivity index (χ4n) is 2.61. The minimum absolute atomic E-state index is 0.0790. The first kappa shape index (κ1) is 13.1. The number of ether oxygens (including phenoxy) is 1. The van der Waals surface area contributed by atoms with Gasteiger partial charge in [0, 0.05) is 25.3 Å². The predicted molar refractivity (Wildman–Crippen MR) is 77.5 cm³/mol. The first-order valence-corrected chi connectivity index (χ1v) is 7.12. The van der Waals surface area contributed by atoms with Gasteiger partial charge in [0.25, 0.3) is 0 Å². The number of hydrogen-bond acceptors (Lipinski definition) is 3. The van der Waals surface area contributed by atoms with Crippen molar-refractivity contribution in [3.8, 4) is 0 Å². The van der Waals surface area contributed by atoms with Gasteiger partial charge < -0.3 is 15.0 Å². The molecule has 1 amide bonds. The van der Waals surface area contributed by atoms with Crippen LogP contribution < -0.4 is 5.32 Å². The molecule has 5 heteroatoms. The fraction of sp³-hybridized carbons (Fsp3) is 0.467. The Hall–Kier alpha value is -1.88. The van der Waals surface area contributed by atoms with E-state index in [0.29, 0.717) is 12.3 Å². The van der Waals surface area contributed by atoms with Gasteiger partial charge in [0.2, 0.25) is 5.91 Å².